The SMILES string of the molecule is Cc1nc2ccc(Cl)cn2c1C(=O)NCCN1C(=O)CSC1=O. The molecule has 0 aliphatic carbocycles. The van der Waals surface area contributed by atoms with Crippen LogP contribution in [0.1, 0.15) is 16.2 Å². The molecule has 0 bridgehead atoms. The highest BCUT2D eigenvalue weighted by molar-refractivity contribution is 8.14. The molecule has 0 spiro atoms. The largest absolute Gasteiger partial charge is 0.349 e. The molecule has 3 heterocycles. The minimum Gasteiger partial charge on any atom is -0.349 e. The number of carbonyl (C=O) groups excluding carboxylic acids is 3. The fourth-order valence-electron chi connectivity index (χ4n) is 2.37. The molecule has 23 heavy (non-hydrogen) atoms. The van der Waals surface area contributed by atoms with Crippen molar-refractivity contribution < 1.29 is 14.4 Å². The maximum Gasteiger partial charge on any atom is 0.288 e. The average Bonchev–Trinajstić information content (AvgIpc) is 2.99. The summed E-state index contributed by atoms with van der Waals surface area (Å²) < 4.78 is 1.62. The quantitative estimate of drug-likeness (QED) is 0.905. The van der Waals surface area contributed by atoms with E-state index in [9.17, 15) is 14.4 Å². The number of halogens is 1. The number of hydrogen-bond acceptors (Lipinski definition) is 5. The molecule has 1 fully saturated rings. The molecule has 2 aromatic heterocycles. The van der Waals surface area contributed by atoms with Gasteiger partial charge in [0, 0.05) is 19.3 Å². The number of carbonyl (C=O) groups is 3. The molecule has 0 unspecified atom stereocenters. The predicted molar refractivity (Wildman–Crippen MR) is 86.8 cm³/mol. The van der Waals surface area contributed by atoms with Crippen molar-refractivity contribution in [2.45, 2.75) is 6.92 Å². The van der Waals surface area contributed by atoms with Gasteiger partial charge in [-0.1, -0.05) is 23.4 Å². The number of fused-ring (bicyclic) bond motifs is 1. The Morgan fingerprint density at radius 1 is 1.43 bits per heavy atom. The summed E-state index contributed by atoms with van der Waals surface area (Å²) in [6, 6.07) is 3.43. The molecule has 0 atom stereocenters. The first-order valence-electron chi connectivity index (χ1n) is 6.87. The van der Waals surface area contributed by atoms with Crippen LogP contribution in [0.5, 0.6) is 0 Å². The molecular weight excluding hydrogens is 340 g/mol. The van der Waals surface area contributed by atoms with Gasteiger partial charge in [-0.2, -0.15) is 0 Å². The fourth-order valence-corrected chi connectivity index (χ4v) is 3.28. The number of nitrogens with one attached hydrogen (secondary N) is 1. The summed E-state index contributed by atoms with van der Waals surface area (Å²) in [6.45, 7) is 2.08. The number of hydrogen-bond donors (Lipinski definition) is 1. The zero-order valence-electron chi connectivity index (χ0n) is 12.2. The van der Waals surface area contributed by atoms with E-state index in [1.165, 1.54) is 0 Å². The number of pyridine rings is 1. The molecular formula is C14H13ClN4O3S. The van der Waals surface area contributed by atoms with Gasteiger partial charge in [0.2, 0.25) is 5.91 Å². The van der Waals surface area contributed by atoms with Crippen LogP contribution in [0.25, 0.3) is 5.65 Å². The van der Waals surface area contributed by atoms with Gasteiger partial charge in [-0.25, -0.2) is 4.98 Å². The molecule has 120 valence electrons. The van der Waals surface area contributed by atoms with Gasteiger partial charge in [0.05, 0.1) is 16.5 Å². The number of aryl methyl sites for hydroxylation is 1. The number of thioether (sulfide) groups is 1. The van der Waals surface area contributed by atoms with E-state index in [4.69, 9.17) is 11.6 Å². The summed E-state index contributed by atoms with van der Waals surface area (Å²) in [6.07, 6.45) is 1.62. The molecule has 9 heteroatoms. The minimum absolute atomic E-state index is 0.160. The van der Waals surface area contributed by atoms with Gasteiger partial charge in [0.15, 0.2) is 0 Å². The van der Waals surface area contributed by atoms with E-state index in [1.54, 1.807) is 29.7 Å². The van der Waals surface area contributed by atoms with Gasteiger partial charge in [0.25, 0.3) is 11.1 Å². The van der Waals surface area contributed by atoms with Crippen LogP contribution in [0.3, 0.4) is 0 Å². The monoisotopic (exact) mass is 352 g/mol. The second-order valence-electron chi connectivity index (χ2n) is 4.98. The molecule has 3 amide bonds. The minimum atomic E-state index is -0.330. The van der Waals surface area contributed by atoms with E-state index in [-0.39, 0.29) is 35.9 Å². The Hall–Kier alpha value is -2.06. The highest BCUT2D eigenvalue weighted by Crippen LogP contribution is 2.18. The summed E-state index contributed by atoms with van der Waals surface area (Å²) in [4.78, 5) is 40.8. The van der Waals surface area contributed by atoms with E-state index in [0.29, 0.717) is 22.1 Å². The topological polar surface area (TPSA) is 83.8 Å². The van der Waals surface area contributed by atoms with Crippen LogP contribution < -0.4 is 5.32 Å². The first-order valence-corrected chi connectivity index (χ1v) is 8.23. The van der Waals surface area contributed by atoms with Crippen molar-refractivity contribution in [3.63, 3.8) is 0 Å². The summed E-state index contributed by atoms with van der Waals surface area (Å²) in [5.41, 5.74) is 1.59. The van der Waals surface area contributed by atoms with Crippen LogP contribution in [0.15, 0.2) is 18.3 Å². The van der Waals surface area contributed by atoms with Gasteiger partial charge in [-0.3, -0.25) is 23.7 Å². The second kappa shape index (κ2) is 6.21. The number of imide groups is 1. The molecule has 1 aliphatic heterocycles. The fraction of sp³-hybridized carbons (Fsp3) is 0.286. The van der Waals surface area contributed by atoms with Crippen molar-refractivity contribution >= 4 is 46.1 Å². The lowest BCUT2D eigenvalue weighted by molar-refractivity contribution is -0.124. The number of imidazole rings is 1. The van der Waals surface area contributed by atoms with Crippen molar-refractivity contribution in [3.8, 4) is 0 Å². The van der Waals surface area contributed by atoms with Crippen LogP contribution in [-0.4, -0.2) is 50.2 Å². The Kier molecular flexibility index (Phi) is 4.27. The molecule has 0 saturated carbocycles. The molecule has 7 nitrogen and oxygen atoms in total. The number of rotatable bonds is 4. The highest BCUT2D eigenvalue weighted by atomic mass is 35.5. The summed E-state index contributed by atoms with van der Waals surface area (Å²) in [5.74, 6) is -0.395. The molecule has 0 aromatic carbocycles. The lowest BCUT2D eigenvalue weighted by Gasteiger charge is -2.13. The summed E-state index contributed by atoms with van der Waals surface area (Å²) in [7, 11) is 0. The van der Waals surface area contributed by atoms with E-state index in [1.807, 2.05) is 0 Å². The normalized spacial score (nSPS) is 14.8. The van der Waals surface area contributed by atoms with E-state index >= 15 is 0 Å². The third-order valence-corrected chi connectivity index (χ3v) is 4.52. The molecule has 3 rings (SSSR count). The molecule has 1 N–H and O–H groups in total. The molecule has 1 aliphatic rings. The Bertz CT molecular complexity index is 804. The number of aromatic nitrogens is 2. The van der Waals surface area contributed by atoms with Crippen LogP contribution in [0, 0.1) is 6.92 Å². The first-order chi connectivity index (χ1) is 11.0. The van der Waals surface area contributed by atoms with Crippen molar-refractivity contribution in [3.05, 3.63) is 34.7 Å². The van der Waals surface area contributed by atoms with Gasteiger partial charge >= 0.3 is 0 Å². The van der Waals surface area contributed by atoms with Crippen LogP contribution in [0.4, 0.5) is 4.79 Å². The van der Waals surface area contributed by atoms with E-state index < -0.39 is 0 Å². The van der Waals surface area contributed by atoms with Crippen molar-refractivity contribution in [2.75, 3.05) is 18.8 Å². The summed E-state index contributed by atoms with van der Waals surface area (Å²) in [5, 5.41) is 2.93. The Balaban J connectivity index is 1.71. The lowest BCUT2D eigenvalue weighted by Crippen LogP contribution is -2.37. The predicted octanol–water partition coefficient (Wildman–Crippen LogP) is 1.72. The van der Waals surface area contributed by atoms with E-state index in [0.717, 1.165) is 16.7 Å². The Morgan fingerprint density at radius 2 is 2.22 bits per heavy atom. The van der Waals surface area contributed by atoms with Gasteiger partial charge in [-0.15, -0.1) is 0 Å². The van der Waals surface area contributed by atoms with Gasteiger partial charge in [-0.05, 0) is 19.1 Å². The third-order valence-electron chi connectivity index (χ3n) is 3.43. The average molecular weight is 353 g/mol. The Morgan fingerprint density at radius 3 is 2.91 bits per heavy atom. The van der Waals surface area contributed by atoms with E-state index in [2.05, 4.69) is 10.3 Å². The lowest BCUT2D eigenvalue weighted by atomic mass is 10.3. The van der Waals surface area contributed by atoms with Crippen molar-refractivity contribution in [1.82, 2.24) is 19.6 Å². The second-order valence-corrected chi connectivity index (χ2v) is 6.34. The maximum absolute atomic E-state index is 12.4. The van der Waals surface area contributed by atoms with Gasteiger partial charge in [0.1, 0.15) is 11.3 Å². The van der Waals surface area contributed by atoms with Gasteiger partial charge < -0.3 is 5.32 Å². The van der Waals surface area contributed by atoms with Crippen LogP contribution in [-0.2, 0) is 4.79 Å². The number of nitrogens with zero attached hydrogens (tertiary/aromatic N) is 3. The van der Waals surface area contributed by atoms with Crippen LogP contribution in [0.2, 0.25) is 5.02 Å². The van der Waals surface area contributed by atoms with Crippen LogP contribution >= 0.6 is 23.4 Å². The molecule has 2 aromatic rings. The smallest absolute Gasteiger partial charge is 0.288 e. The summed E-state index contributed by atoms with van der Waals surface area (Å²) >= 11 is 6.93. The highest BCUT2D eigenvalue weighted by Gasteiger charge is 2.29. The maximum atomic E-state index is 12.4. The third kappa shape index (κ3) is 3.04. The molecule has 0 radical (unpaired) electrons. The number of amides is 3. The Labute approximate surface area is 141 Å². The standard InChI is InChI=1S/C14H13ClN4O3S/c1-8-12(19-6-9(15)2-3-10(19)17-8)13(21)16-4-5-18-11(20)7-23-14(18)22/h2-3,6H,4-5,7H2,1H3,(H,16,21). The molecule has 1 saturated heterocycles. The zero-order chi connectivity index (χ0) is 16.6. The zero-order valence-corrected chi connectivity index (χ0v) is 13.8. The van der Waals surface area contributed by atoms with Crippen molar-refractivity contribution in [1.29, 1.82) is 0 Å². The van der Waals surface area contributed by atoms with Crippen molar-refractivity contribution in [2.24, 2.45) is 0 Å². The first kappa shape index (κ1) is 15.8.